The lowest BCUT2D eigenvalue weighted by molar-refractivity contribution is 0.117. The quantitative estimate of drug-likeness (QED) is 0.412. The van der Waals surface area contributed by atoms with E-state index in [4.69, 9.17) is 16.3 Å². The molecule has 1 aromatic carbocycles. The third kappa shape index (κ3) is 6.73. The molecule has 0 saturated carbocycles. The Morgan fingerprint density at radius 3 is 2.69 bits per heavy atom. The number of benzene rings is 1. The summed E-state index contributed by atoms with van der Waals surface area (Å²) in [7, 11) is 5.83. The normalized spacial score (nSPS) is 11.6. The van der Waals surface area contributed by atoms with Crippen molar-refractivity contribution in [2.45, 2.75) is 26.0 Å². The number of guanidine groups is 1. The van der Waals surface area contributed by atoms with E-state index in [1.54, 1.807) is 7.05 Å². The predicted octanol–water partition coefficient (Wildman–Crippen LogP) is 3.68. The molecule has 5 nitrogen and oxygen atoms in total. The van der Waals surface area contributed by atoms with Crippen molar-refractivity contribution in [3.63, 3.8) is 0 Å². The number of unbranched alkanes of at least 4 members (excludes halogenated alkanes) is 1. The van der Waals surface area contributed by atoms with E-state index in [2.05, 4.69) is 27.3 Å². The molecule has 0 radical (unpaired) electrons. The molecule has 0 aliphatic heterocycles. The van der Waals surface area contributed by atoms with Gasteiger partial charge in [-0.05, 0) is 24.5 Å². The van der Waals surface area contributed by atoms with E-state index in [1.165, 1.54) is 5.56 Å². The Kier molecular flexibility index (Phi) is 8.51. The van der Waals surface area contributed by atoms with Crippen molar-refractivity contribution >= 4 is 17.6 Å². The number of hydrogen-bond acceptors (Lipinski definition) is 2. The number of halogens is 1. The van der Waals surface area contributed by atoms with E-state index in [-0.39, 0.29) is 0 Å². The van der Waals surface area contributed by atoms with Gasteiger partial charge in [0.2, 0.25) is 0 Å². The lowest BCUT2D eigenvalue weighted by Gasteiger charge is -2.22. The van der Waals surface area contributed by atoms with Crippen molar-refractivity contribution in [3.8, 4) is 0 Å². The zero-order valence-corrected chi connectivity index (χ0v) is 16.7. The van der Waals surface area contributed by atoms with Crippen LogP contribution in [0, 0.1) is 0 Å². The minimum Gasteiger partial charge on any atom is -0.377 e. The molecule has 0 saturated heterocycles. The fraction of sp³-hybridized carbons (Fsp3) is 0.450. The van der Waals surface area contributed by atoms with Gasteiger partial charge in [0.25, 0.3) is 0 Å². The zero-order chi connectivity index (χ0) is 18.8. The minimum atomic E-state index is 0.678. The molecule has 1 heterocycles. The second-order valence-electron chi connectivity index (χ2n) is 6.34. The van der Waals surface area contributed by atoms with Gasteiger partial charge in [-0.25, -0.2) is 0 Å². The van der Waals surface area contributed by atoms with Crippen LogP contribution in [0.25, 0.3) is 0 Å². The van der Waals surface area contributed by atoms with Crippen LogP contribution in [0.1, 0.15) is 24.1 Å². The van der Waals surface area contributed by atoms with Crippen LogP contribution in [0.5, 0.6) is 0 Å². The van der Waals surface area contributed by atoms with Gasteiger partial charge in [0.15, 0.2) is 5.96 Å². The highest BCUT2D eigenvalue weighted by Crippen LogP contribution is 2.14. The van der Waals surface area contributed by atoms with Crippen molar-refractivity contribution < 1.29 is 4.74 Å². The summed E-state index contributed by atoms with van der Waals surface area (Å²) in [6, 6.07) is 12.2. The average Bonchev–Trinajstić information content (AvgIpc) is 2.95. The Balaban J connectivity index is 1.61. The van der Waals surface area contributed by atoms with Crippen LogP contribution < -0.4 is 5.32 Å². The van der Waals surface area contributed by atoms with E-state index < -0.39 is 0 Å². The predicted molar refractivity (Wildman–Crippen MR) is 109 cm³/mol. The number of nitrogens with zero attached hydrogens (tertiary/aromatic N) is 3. The van der Waals surface area contributed by atoms with Gasteiger partial charge in [0, 0.05) is 46.2 Å². The molecule has 0 aliphatic carbocycles. The second-order valence-corrected chi connectivity index (χ2v) is 6.77. The fourth-order valence-corrected chi connectivity index (χ4v) is 2.99. The van der Waals surface area contributed by atoms with E-state index in [0.717, 1.165) is 49.2 Å². The molecule has 0 bridgehead atoms. The van der Waals surface area contributed by atoms with Crippen LogP contribution >= 0.6 is 11.6 Å². The first-order chi connectivity index (χ1) is 12.6. The lowest BCUT2D eigenvalue weighted by atomic mass is 10.2. The molecule has 2 aromatic rings. The van der Waals surface area contributed by atoms with Gasteiger partial charge in [-0.3, -0.25) is 4.99 Å². The minimum absolute atomic E-state index is 0.678. The van der Waals surface area contributed by atoms with E-state index in [0.29, 0.717) is 6.61 Å². The Morgan fingerprint density at radius 2 is 2.04 bits per heavy atom. The van der Waals surface area contributed by atoms with Crippen LogP contribution in [0.3, 0.4) is 0 Å². The van der Waals surface area contributed by atoms with Gasteiger partial charge in [-0.1, -0.05) is 41.9 Å². The first kappa shape index (κ1) is 20.3. The van der Waals surface area contributed by atoms with Crippen LogP contribution in [0.15, 0.2) is 47.6 Å². The monoisotopic (exact) mass is 376 g/mol. The molecule has 0 amide bonds. The summed E-state index contributed by atoms with van der Waals surface area (Å²) in [6.07, 6.45) is 3.97. The van der Waals surface area contributed by atoms with Crippen LogP contribution in [-0.2, 0) is 24.9 Å². The molecule has 0 unspecified atom stereocenters. The summed E-state index contributed by atoms with van der Waals surface area (Å²) >= 11 is 6.05. The summed E-state index contributed by atoms with van der Waals surface area (Å²) < 4.78 is 7.75. The molecular weight excluding hydrogens is 348 g/mol. The maximum absolute atomic E-state index is 6.05. The highest BCUT2D eigenvalue weighted by atomic mass is 35.5. The Labute approximate surface area is 161 Å². The van der Waals surface area contributed by atoms with E-state index in [9.17, 15) is 0 Å². The number of rotatable bonds is 9. The van der Waals surface area contributed by atoms with Gasteiger partial charge in [0.05, 0.1) is 18.2 Å². The van der Waals surface area contributed by atoms with Gasteiger partial charge in [-0.15, -0.1) is 0 Å². The van der Waals surface area contributed by atoms with Crippen LogP contribution in [0.4, 0.5) is 0 Å². The maximum Gasteiger partial charge on any atom is 0.193 e. The van der Waals surface area contributed by atoms with Gasteiger partial charge < -0.3 is 19.5 Å². The number of ether oxygens (including phenoxy) is 1. The smallest absolute Gasteiger partial charge is 0.193 e. The molecule has 1 aromatic heterocycles. The first-order valence-electron chi connectivity index (χ1n) is 8.94. The summed E-state index contributed by atoms with van der Waals surface area (Å²) in [6.45, 7) is 3.08. The third-order valence-electron chi connectivity index (χ3n) is 4.16. The van der Waals surface area contributed by atoms with Gasteiger partial charge >= 0.3 is 0 Å². The third-order valence-corrected chi connectivity index (χ3v) is 4.36. The van der Waals surface area contributed by atoms with Gasteiger partial charge in [-0.2, -0.15) is 0 Å². The molecular formula is C20H29ClN4O. The summed E-state index contributed by atoms with van der Waals surface area (Å²) in [4.78, 5) is 6.45. The van der Waals surface area contributed by atoms with Crippen LogP contribution in [0.2, 0.25) is 5.02 Å². The van der Waals surface area contributed by atoms with Crippen molar-refractivity contribution in [2.24, 2.45) is 12.0 Å². The second kappa shape index (κ2) is 10.9. The molecule has 1 N–H and O–H groups in total. The standard InChI is InChI=1S/C20H29ClN4O/c1-22-20(25(3)15-19-13-18(21)14-24(19)2)23-11-7-8-12-26-16-17-9-5-4-6-10-17/h4-6,9-10,13-14H,7-8,11-12,15-16H2,1-3H3,(H,22,23). The van der Waals surface area contributed by atoms with Crippen molar-refractivity contribution in [1.29, 1.82) is 0 Å². The SMILES string of the molecule is CN=C(NCCCCOCc1ccccc1)N(C)Cc1cc(Cl)cn1C. The number of aryl methyl sites for hydroxylation is 1. The summed E-state index contributed by atoms with van der Waals surface area (Å²) in [5.41, 5.74) is 2.36. The van der Waals surface area contributed by atoms with Crippen molar-refractivity contribution in [1.82, 2.24) is 14.8 Å². The molecule has 6 heteroatoms. The first-order valence-corrected chi connectivity index (χ1v) is 9.32. The Hall–Kier alpha value is -1.98. The van der Waals surface area contributed by atoms with Crippen molar-refractivity contribution in [2.75, 3.05) is 27.2 Å². The largest absolute Gasteiger partial charge is 0.377 e. The summed E-state index contributed by atoms with van der Waals surface area (Å²) in [5, 5.41) is 4.16. The van der Waals surface area contributed by atoms with Crippen molar-refractivity contribution in [3.05, 3.63) is 58.9 Å². The van der Waals surface area contributed by atoms with Gasteiger partial charge in [0.1, 0.15) is 0 Å². The highest BCUT2D eigenvalue weighted by molar-refractivity contribution is 6.30. The number of nitrogens with one attached hydrogen (secondary N) is 1. The molecule has 0 atom stereocenters. The van der Waals surface area contributed by atoms with Crippen LogP contribution in [-0.4, -0.2) is 42.7 Å². The number of aliphatic imine (C=N–C) groups is 1. The molecule has 142 valence electrons. The number of aromatic nitrogens is 1. The topological polar surface area (TPSA) is 41.8 Å². The molecule has 2 rings (SSSR count). The summed E-state index contributed by atoms with van der Waals surface area (Å²) in [5.74, 6) is 0.882. The highest BCUT2D eigenvalue weighted by Gasteiger charge is 2.09. The average molecular weight is 377 g/mol. The maximum atomic E-state index is 6.05. The zero-order valence-electron chi connectivity index (χ0n) is 15.9. The fourth-order valence-electron chi connectivity index (χ4n) is 2.72. The number of hydrogen-bond donors (Lipinski definition) is 1. The van der Waals surface area contributed by atoms with E-state index in [1.807, 2.05) is 49.1 Å². The lowest BCUT2D eigenvalue weighted by Crippen LogP contribution is -2.39. The Morgan fingerprint density at radius 1 is 1.27 bits per heavy atom. The van der Waals surface area contributed by atoms with E-state index >= 15 is 0 Å². The Bertz CT molecular complexity index is 684. The molecule has 0 spiro atoms. The molecule has 26 heavy (non-hydrogen) atoms. The molecule has 0 fully saturated rings. The molecule has 0 aliphatic rings.